The lowest BCUT2D eigenvalue weighted by Crippen LogP contribution is -2.48. The molecule has 19 heavy (non-hydrogen) atoms. The van der Waals surface area contributed by atoms with Gasteiger partial charge in [0.15, 0.2) is 0 Å². The highest BCUT2D eigenvalue weighted by atomic mass is 32.2. The summed E-state index contributed by atoms with van der Waals surface area (Å²) in [5.74, 6) is 1.11. The van der Waals surface area contributed by atoms with Crippen molar-refractivity contribution in [1.29, 1.82) is 0 Å². The van der Waals surface area contributed by atoms with Crippen LogP contribution in [0.3, 0.4) is 0 Å². The van der Waals surface area contributed by atoms with Crippen molar-refractivity contribution in [3.63, 3.8) is 0 Å². The first-order valence-corrected chi connectivity index (χ1v) is 8.82. The number of nitrogens with one attached hydrogen (secondary N) is 1. The minimum atomic E-state index is -3.25. The largest absolute Gasteiger partial charge is 0.316 e. The van der Waals surface area contributed by atoms with Crippen molar-refractivity contribution >= 4 is 10.2 Å². The summed E-state index contributed by atoms with van der Waals surface area (Å²) < 4.78 is 28.2. The van der Waals surface area contributed by atoms with E-state index in [4.69, 9.17) is 0 Å². The van der Waals surface area contributed by atoms with Gasteiger partial charge in [-0.05, 0) is 50.6 Å². The second-order valence-electron chi connectivity index (χ2n) is 6.08. The molecule has 0 amide bonds. The van der Waals surface area contributed by atoms with Gasteiger partial charge in [0.1, 0.15) is 0 Å². The highest BCUT2D eigenvalue weighted by Gasteiger charge is 2.31. The van der Waals surface area contributed by atoms with Crippen LogP contribution >= 0.6 is 0 Å². The molecule has 112 valence electrons. The fourth-order valence-corrected chi connectivity index (χ4v) is 4.42. The van der Waals surface area contributed by atoms with Crippen LogP contribution in [-0.2, 0) is 10.2 Å². The Morgan fingerprint density at radius 3 is 2.53 bits per heavy atom. The third-order valence-electron chi connectivity index (χ3n) is 4.38. The van der Waals surface area contributed by atoms with Crippen LogP contribution in [-0.4, -0.2) is 56.8 Å². The molecule has 0 bridgehead atoms. The quantitative estimate of drug-likeness (QED) is 0.836. The molecule has 2 aliphatic rings. The van der Waals surface area contributed by atoms with E-state index in [1.807, 2.05) is 0 Å². The fourth-order valence-electron chi connectivity index (χ4n) is 2.95. The highest BCUT2D eigenvalue weighted by Crippen LogP contribution is 2.21. The number of hydrogen-bond donors (Lipinski definition) is 1. The smallest absolute Gasteiger partial charge is 0.281 e. The average molecular weight is 289 g/mol. The molecule has 5 nitrogen and oxygen atoms in total. The molecular weight excluding hydrogens is 262 g/mol. The van der Waals surface area contributed by atoms with Gasteiger partial charge in [-0.25, -0.2) is 0 Å². The third-order valence-corrected chi connectivity index (χ3v) is 6.33. The Hall–Kier alpha value is -0.170. The zero-order chi connectivity index (χ0) is 13.9. The number of rotatable bonds is 4. The first-order chi connectivity index (χ1) is 9.00. The number of piperidine rings is 2. The maximum absolute atomic E-state index is 12.5. The third kappa shape index (κ3) is 3.90. The summed E-state index contributed by atoms with van der Waals surface area (Å²) in [5, 5.41) is 3.34. The van der Waals surface area contributed by atoms with Gasteiger partial charge in [-0.1, -0.05) is 6.92 Å². The Bertz CT molecular complexity index is 371. The van der Waals surface area contributed by atoms with Gasteiger partial charge in [-0.2, -0.15) is 17.0 Å². The average Bonchev–Trinajstić information content (AvgIpc) is 2.40. The normalized spacial score (nSPS) is 27.8. The van der Waals surface area contributed by atoms with Crippen LogP contribution in [0.1, 0.15) is 32.6 Å². The molecule has 1 unspecified atom stereocenters. The Labute approximate surface area is 117 Å². The van der Waals surface area contributed by atoms with Gasteiger partial charge in [-0.3, -0.25) is 0 Å². The molecule has 0 radical (unpaired) electrons. The second-order valence-corrected chi connectivity index (χ2v) is 8.12. The van der Waals surface area contributed by atoms with Crippen molar-refractivity contribution in [3.05, 3.63) is 0 Å². The van der Waals surface area contributed by atoms with Gasteiger partial charge in [0.25, 0.3) is 10.2 Å². The molecule has 0 aromatic heterocycles. The van der Waals surface area contributed by atoms with Crippen LogP contribution in [0, 0.1) is 11.8 Å². The summed E-state index contributed by atoms with van der Waals surface area (Å²) >= 11 is 0. The van der Waals surface area contributed by atoms with Crippen molar-refractivity contribution in [2.75, 3.05) is 39.8 Å². The predicted octanol–water partition coefficient (Wildman–Crippen LogP) is 0.895. The summed E-state index contributed by atoms with van der Waals surface area (Å²) in [6.45, 7) is 6.20. The molecule has 2 saturated heterocycles. The first kappa shape index (κ1) is 15.2. The Balaban J connectivity index is 1.90. The molecule has 0 spiro atoms. The van der Waals surface area contributed by atoms with E-state index >= 15 is 0 Å². The van der Waals surface area contributed by atoms with Crippen LogP contribution in [0.25, 0.3) is 0 Å². The monoisotopic (exact) mass is 289 g/mol. The lowest BCUT2D eigenvalue weighted by Gasteiger charge is -2.34. The molecule has 1 N–H and O–H groups in total. The van der Waals surface area contributed by atoms with Crippen molar-refractivity contribution in [2.45, 2.75) is 32.6 Å². The van der Waals surface area contributed by atoms with E-state index in [1.54, 1.807) is 15.7 Å². The molecule has 0 aliphatic carbocycles. The predicted molar refractivity (Wildman–Crippen MR) is 77.1 cm³/mol. The topological polar surface area (TPSA) is 52.7 Å². The van der Waals surface area contributed by atoms with Crippen LogP contribution < -0.4 is 5.32 Å². The van der Waals surface area contributed by atoms with E-state index in [-0.39, 0.29) is 0 Å². The van der Waals surface area contributed by atoms with Gasteiger partial charge >= 0.3 is 0 Å². The lowest BCUT2D eigenvalue weighted by atomic mass is 10.00. The van der Waals surface area contributed by atoms with Crippen molar-refractivity contribution in [3.8, 4) is 0 Å². The summed E-state index contributed by atoms with van der Waals surface area (Å²) in [4.78, 5) is 0. The zero-order valence-electron chi connectivity index (χ0n) is 12.1. The van der Waals surface area contributed by atoms with Crippen molar-refractivity contribution in [1.82, 2.24) is 13.9 Å². The van der Waals surface area contributed by atoms with Crippen molar-refractivity contribution in [2.24, 2.45) is 11.8 Å². The van der Waals surface area contributed by atoms with Gasteiger partial charge in [0.2, 0.25) is 0 Å². The Morgan fingerprint density at radius 2 is 1.95 bits per heavy atom. The Morgan fingerprint density at radius 1 is 1.26 bits per heavy atom. The number of nitrogens with zero attached hydrogens (tertiary/aromatic N) is 2. The Kier molecular flexibility index (Phi) is 5.22. The van der Waals surface area contributed by atoms with Gasteiger partial charge in [0, 0.05) is 26.7 Å². The molecule has 2 fully saturated rings. The van der Waals surface area contributed by atoms with Crippen molar-refractivity contribution < 1.29 is 8.42 Å². The van der Waals surface area contributed by atoms with E-state index in [1.165, 1.54) is 0 Å². The molecular formula is C13H27N3O2S. The molecule has 1 atom stereocenters. The first-order valence-electron chi connectivity index (χ1n) is 7.42. The highest BCUT2D eigenvalue weighted by molar-refractivity contribution is 7.86. The molecule has 2 aliphatic heterocycles. The summed E-state index contributed by atoms with van der Waals surface area (Å²) in [5.41, 5.74) is 0. The zero-order valence-corrected chi connectivity index (χ0v) is 13.0. The van der Waals surface area contributed by atoms with E-state index < -0.39 is 10.2 Å². The van der Waals surface area contributed by atoms with E-state index in [9.17, 15) is 8.42 Å². The van der Waals surface area contributed by atoms with Crippen LogP contribution in [0.2, 0.25) is 0 Å². The molecule has 0 aromatic carbocycles. The summed E-state index contributed by atoms with van der Waals surface area (Å²) in [6.07, 6.45) is 4.25. The van der Waals surface area contributed by atoms with Gasteiger partial charge < -0.3 is 5.32 Å². The van der Waals surface area contributed by atoms with Gasteiger partial charge in [0.05, 0.1) is 0 Å². The molecule has 2 heterocycles. The lowest BCUT2D eigenvalue weighted by molar-refractivity contribution is 0.256. The molecule has 2 rings (SSSR count). The fraction of sp³-hybridized carbons (Fsp3) is 1.00. The van der Waals surface area contributed by atoms with E-state index in [0.717, 1.165) is 38.8 Å². The van der Waals surface area contributed by atoms with E-state index in [2.05, 4.69) is 12.2 Å². The van der Waals surface area contributed by atoms with Crippen LogP contribution in [0.5, 0.6) is 0 Å². The number of hydrogen-bond acceptors (Lipinski definition) is 3. The standard InChI is InChI=1S/C13H27N3O2S/c1-12-5-8-16(9-6-12)19(17,18)15(2)11-13-4-3-7-14-10-13/h12-14H,3-11H2,1-2H3. The van der Waals surface area contributed by atoms with Crippen LogP contribution in [0.15, 0.2) is 0 Å². The second kappa shape index (κ2) is 6.52. The maximum Gasteiger partial charge on any atom is 0.281 e. The minimum absolute atomic E-state index is 0.456. The van der Waals surface area contributed by atoms with Gasteiger partial charge in [-0.15, -0.1) is 0 Å². The molecule has 0 aromatic rings. The van der Waals surface area contributed by atoms with Crippen LogP contribution in [0.4, 0.5) is 0 Å². The minimum Gasteiger partial charge on any atom is -0.316 e. The summed E-state index contributed by atoms with van der Waals surface area (Å²) in [6, 6.07) is 0. The van der Waals surface area contributed by atoms with E-state index in [0.29, 0.717) is 31.5 Å². The summed E-state index contributed by atoms with van der Waals surface area (Å²) in [7, 11) is -1.52. The maximum atomic E-state index is 12.5. The molecule has 0 saturated carbocycles. The SMILES string of the molecule is CC1CCN(S(=O)(=O)N(C)CC2CCCNC2)CC1. The molecule has 6 heteroatoms.